The Bertz CT molecular complexity index is 584. The number of urea groups is 1. The highest BCUT2D eigenvalue weighted by Gasteiger charge is 2.32. The van der Waals surface area contributed by atoms with Crippen LogP contribution in [0.15, 0.2) is 18.2 Å². The quantitative estimate of drug-likeness (QED) is 0.870. The highest BCUT2D eigenvalue weighted by molar-refractivity contribution is 6.02. The summed E-state index contributed by atoms with van der Waals surface area (Å²) < 4.78 is 43.1. The number of morpholine rings is 1. The summed E-state index contributed by atoms with van der Waals surface area (Å²) >= 11 is 0. The second-order valence-corrected chi connectivity index (χ2v) is 4.65. The average molecular weight is 317 g/mol. The molecule has 0 unspecified atom stereocenters. The Morgan fingerprint density at radius 2 is 1.86 bits per heavy atom. The lowest BCUT2D eigenvalue weighted by molar-refractivity contribution is -0.137. The maximum Gasteiger partial charge on any atom is 0.416 e. The molecule has 0 atom stereocenters. The lowest BCUT2D eigenvalue weighted by Crippen LogP contribution is -2.43. The summed E-state index contributed by atoms with van der Waals surface area (Å²) in [6.45, 7) is 1.48. The lowest BCUT2D eigenvalue weighted by atomic mass is 10.1. The van der Waals surface area contributed by atoms with Crippen LogP contribution in [0.3, 0.4) is 0 Å². The van der Waals surface area contributed by atoms with Crippen molar-refractivity contribution in [1.29, 1.82) is 0 Å². The van der Waals surface area contributed by atoms with E-state index in [9.17, 15) is 22.8 Å². The van der Waals surface area contributed by atoms with Crippen LogP contribution in [-0.2, 0) is 10.9 Å². The minimum absolute atomic E-state index is 0.0583. The summed E-state index contributed by atoms with van der Waals surface area (Å²) in [6.07, 6.45) is -4.60. The third kappa shape index (κ3) is 3.67. The van der Waals surface area contributed by atoms with Crippen LogP contribution in [0, 0.1) is 0 Å². The highest BCUT2D eigenvalue weighted by atomic mass is 19.4. The van der Waals surface area contributed by atoms with Gasteiger partial charge < -0.3 is 20.7 Å². The predicted molar refractivity (Wildman–Crippen MR) is 71.4 cm³/mol. The van der Waals surface area contributed by atoms with E-state index in [2.05, 4.69) is 5.32 Å². The van der Waals surface area contributed by atoms with Crippen molar-refractivity contribution in [2.24, 2.45) is 5.73 Å². The molecule has 0 bridgehead atoms. The second kappa shape index (κ2) is 6.22. The molecule has 1 aromatic rings. The summed E-state index contributed by atoms with van der Waals surface area (Å²) in [5.74, 6) is -1.05. The lowest BCUT2D eigenvalue weighted by Gasteiger charge is -2.27. The van der Waals surface area contributed by atoms with Gasteiger partial charge in [-0.3, -0.25) is 4.79 Å². The Morgan fingerprint density at radius 1 is 1.23 bits per heavy atom. The summed E-state index contributed by atoms with van der Waals surface area (Å²) in [4.78, 5) is 24.8. The fraction of sp³-hybridized carbons (Fsp3) is 0.385. The minimum Gasteiger partial charge on any atom is -0.378 e. The number of primary amides is 1. The van der Waals surface area contributed by atoms with Gasteiger partial charge in [-0.2, -0.15) is 13.2 Å². The van der Waals surface area contributed by atoms with E-state index in [1.54, 1.807) is 0 Å². The molecule has 1 saturated heterocycles. The third-order valence-corrected chi connectivity index (χ3v) is 3.15. The van der Waals surface area contributed by atoms with Gasteiger partial charge >= 0.3 is 12.2 Å². The van der Waals surface area contributed by atoms with E-state index >= 15 is 0 Å². The van der Waals surface area contributed by atoms with Crippen molar-refractivity contribution in [3.8, 4) is 0 Å². The van der Waals surface area contributed by atoms with Crippen molar-refractivity contribution < 1.29 is 27.5 Å². The molecule has 1 aliphatic heterocycles. The van der Waals surface area contributed by atoms with E-state index in [0.29, 0.717) is 32.4 Å². The third-order valence-electron chi connectivity index (χ3n) is 3.15. The first-order chi connectivity index (χ1) is 10.3. The predicted octanol–water partition coefficient (Wildman–Crippen LogP) is 1.67. The van der Waals surface area contributed by atoms with E-state index in [1.165, 1.54) is 4.90 Å². The van der Waals surface area contributed by atoms with E-state index in [-0.39, 0.29) is 5.69 Å². The number of carbonyl (C=O) groups is 2. The van der Waals surface area contributed by atoms with E-state index < -0.39 is 29.2 Å². The standard InChI is InChI=1S/C13H14F3N3O3/c14-13(15,16)8-1-2-10(9(7-8)11(17)20)18-12(21)19-3-5-22-6-4-19/h1-2,7H,3-6H2,(H2,17,20)(H,18,21). The van der Waals surface area contributed by atoms with Gasteiger partial charge in [-0.25, -0.2) is 4.79 Å². The van der Waals surface area contributed by atoms with Gasteiger partial charge in [0.05, 0.1) is 30.0 Å². The van der Waals surface area contributed by atoms with E-state index in [4.69, 9.17) is 10.5 Å². The molecule has 0 aliphatic carbocycles. The molecule has 0 aromatic heterocycles. The maximum absolute atomic E-state index is 12.7. The molecule has 0 saturated carbocycles. The Labute approximate surface area is 124 Å². The number of benzene rings is 1. The van der Waals surface area contributed by atoms with Crippen LogP contribution in [0.25, 0.3) is 0 Å². The topological polar surface area (TPSA) is 84.7 Å². The Balaban J connectivity index is 2.23. The molecule has 6 nitrogen and oxygen atoms in total. The van der Waals surface area contributed by atoms with Gasteiger partial charge in [0.1, 0.15) is 0 Å². The first kappa shape index (κ1) is 16.1. The molecule has 3 amide bonds. The van der Waals surface area contributed by atoms with Gasteiger partial charge in [0.2, 0.25) is 0 Å². The Morgan fingerprint density at radius 3 is 2.41 bits per heavy atom. The maximum atomic E-state index is 12.7. The monoisotopic (exact) mass is 317 g/mol. The normalized spacial score (nSPS) is 15.5. The van der Waals surface area contributed by atoms with Gasteiger partial charge in [0, 0.05) is 13.1 Å². The number of hydrogen-bond acceptors (Lipinski definition) is 3. The number of alkyl halides is 3. The number of rotatable bonds is 2. The first-order valence-corrected chi connectivity index (χ1v) is 6.44. The van der Waals surface area contributed by atoms with Crippen LogP contribution < -0.4 is 11.1 Å². The number of carbonyl (C=O) groups excluding carboxylic acids is 2. The molecular weight excluding hydrogens is 303 g/mol. The molecule has 0 radical (unpaired) electrons. The van der Waals surface area contributed by atoms with Crippen LogP contribution in [0.1, 0.15) is 15.9 Å². The molecule has 1 aliphatic rings. The van der Waals surface area contributed by atoms with Gasteiger partial charge in [-0.1, -0.05) is 0 Å². The Hall–Kier alpha value is -2.29. The molecule has 3 N–H and O–H groups in total. The molecule has 9 heteroatoms. The van der Waals surface area contributed by atoms with Gasteiger partial charge in [-0.05, 0) is 18.2 Å². The number of amides is 3. The molecule has 22 heavy (non-hydrogen) atoms. The van der Waals surface area contributed by atoms with Crippen molar-refractivity contribution in [2.75, 3.05) is 31.6 Å². The zero-order valence-electron chi connectivity index (χ0n) is 11.4. The summed E-state index contributed by atoms with van der Waals surface area (Å²) in [5.41, 5.74) is 3.63. The van der Waals surface area contributed by atoms with Crippen molar-refractivity contribution in [1.82, 2.24) is 4.90 Å². The number of nitrogens with zero attached hydrogens (tertiary/aromatic N) is 1. The van der Waals surface area contributed by atoms with Crippen LogP contribution in [0.4, 0.5) is 23.7 Å². The van der Waals surface area contributed by atoms with Crippen molar-refractivity contribution in [3.05, 3.63) is 29.3 Å². The molecule has 2 rings (SSSR count). The molecule has 0 spiro atoms. The van der Waals surface area contributed by atoms with E-state index in [1.807, 2.05) is 0 Å². The number of anilines is 1. The van der Waals surface area contributed by atoms with Gasteiger partial charge in [0.15, 0.2) is 0 Å². The van der Waals surface area contributed by atoms with Crippen LogP contribution in [0.5, 0.6) is 0 Å². The smallest absolute Gasteiger partial charge is 0.378 e. The van der Waals surface area contributed by atoms with Crippen molar-refractivity contribution >= 4 is 17.6 Å². The first-order valence-electron chi connectivity index (χ1n) is 6.44. The number of halogens is 3. The second-order valence-electron chi connectivity index (χ2n) is 4.65. The number of hydrogen-bond donors (Lipinski definition) is 2. The molecule has 1 aromatic carbocycles. The highest BCUT2D eigenvalue weighted by Crippen LogP contribution is 2.31. The van der Waals surface area contributed by atoms with E-state index in [0.717, 1.165) is 12.1 Å². The largest absolute Gasteiger partial charge is 0.416 e. The van der Waals surface area contributed by atoms with Gasteiger partial charge in [0.25, 0.3) is 5.91 Å². The molecule has 120 valence electrons. The minimum atomic E-state index is -4.60. The van der Waals surface area contributed by atoms with Gasteiger partial charge in [-0.15, -0.1) is 0 Å². The van der Waals surface area contributed by atoms with Crippen LogP contribution in [-0.4, -0.2) is 43.1 Å². The zero-order valence-corrected chi connectivity index (χ0v) is 11.4. The van der Waals surface area contributed by atoms with Crippen LogP contribution in [0.2, 0.25) is 0 Å². The Kier molecular flexibility index (Phi) is 4.55. The number of nitrogens with one attached hydrogen (secondary N) is 1. The van der Waals surface area contributed by atoms with Crippen molar-refractivity contribution in [3.63, 3.8) is 0 Å². The number of nitrogens with two attached hydrogens (primary N) is 1. The fourth-order valence-electron chi connectivity index (χ4n) is 1.99. The zero-order chi connectivity index (χ0) is 16.3. The molecule has 1 heterocycles. The van der Waals surface area contributed by atoms with Crippen molar-refractivity contribution in [2.45, 2.75) is 6.18 Å². The molecule has 1 fully saturated rings. The summed E-state index contributed by atoms with van der Waals surface area (Å²) in [7, 11) is 0. The summed E-state index contributed by atoms with van der Waals surface area (Å²) in [5, 5.41) is 2.40. The van der Waals surface area contributed by atoms with Crippen LogP contribution >= 0.6 is 0 Å². The summed E-state index contributed by atoms with van der Waals surface area (Å²) in [6, 6.07) is 1.89. The fourth-order valence-corrected chi connectivity index (χ4v) is 1.99. The molecular formula is C13H14F3N3O3. The SMILES string of the molecule is NC(=O)c1cc(C(F)(F)F)ccc1NC(=O)N1CCOCC1. The average Bonchev–Trinajstić information content (AvgIpc) is 2.47. The number of ether oxygens (including phenoxy) is 1.